The molecule has 0 saturated heterocycles. The van der Waals surface area contributed by atoms with Gasteiger partial charge in [0.1, 0.15) is 12.6 Å². The van der Waals surface area contributed by atoms with E-state index < -0.39 is 18.1 Å². The Labute approximate surface area is 187 Å². The van der Waals surface area contributed by atoms with Crippen LogP contribution in [0.1, 0.15) is 37.8 Å². The molecule has 0 fully saturated rings. The summed E-state index contributed by atoms with van der Waals surface area (Å²) in [4.78, 5) is 37.2. The molecule has 7 heteroatoms. The maximum atomic E-state index is 12.5. The van der Waals surface area contributed by atoms with Gasteiger partial charge in [0.15, 0.2) is 0 Å². The molecule has 0 saturated carbocycles. The second-order valence-electron chi connectivity index (χ2n) is 7.70. The first-order valence-electron chi connectivity index (χ1n) is 10.6. The van der Waals surface area contributed by atoms with Crippen molar-refractivity contribution in [2.45, 2.75) is 32.7 Å². The van der Waals surface area contributed by atoms with Gasteiger partial charge in [0.2, 0.25) is 5.91 Å². The molecule has 2 aromatic rings. The minimum absolute atomic E-state index is 0.0253. The quantitative estimate of drug-likeness (QED) is 0.614. The van der Waals surface area contributed by atoms with Gasteiger partial charge in [0.05, 0.1) is 0 Å². The van der Waals surface area contributed by atoms with Gasteiger partial charge in [-0.05, 0) is 43.0 Å². The average molecular weight is 437 g/mol. The number of aliphatic carboxylic acids is 1. The van der Waals surface area contributed by atoms with Gasteiger partial charge in [0.25, 0.3) is 0 Å². The summed E-state index contributed by atoms with van der Waals surface area (Å²) >= 11 is 0. The van der Waals surface area contributed by atoms with E-state index >= 15 is 0 Å². The van der Waals surface area contributed by atoms with Crippen molar-refractivity contribution in [2.24, 2.45) is 0 Å². The van der Waals surface area contributed by atoms with Crippen LogP contribution >= 0.6 is 0 Å². The zero-order valence-electron chi connectivity index (χ0n) is 18.5. The molecular weight excluding hydrogens is 408 g/mol. The van der Waals surface area contributed by atoms with Crippen LogP contribution in [0.5, 0.6) is 0 Å². The van der Waals surface area contributed by atoms with Gasteiger partial charge in [-0.3, -0.25) is 4.79 Å². The predicted molar refractivity (Wildman–Crippen MR) is 121 cm³/mol. The molecule has 1 unspecified atom stereocenters. The lowest BCUT2D eigenvalue weighted by atomic mass is 9.98. The van der Waals surface area contributed by atoms with Crippen LogP contribution < -0.4 is 5.32 Å². The van der Waals surface area contributed by atoms with E-state index in [-0.39, 0.29) is 31.5 Å². The molecule has 7 nitrogen and oxygen atoms in total. The standard InChI is InChI=1S/C25H28N2O5/c1-4-27(17(3)24(29)30)23(28)16(2)13-14-26-25(31)32-15-22-20-11-7-5-9-18(20)19-10-6-8-12-21(19)22/h5-13,17,22H,4,14-15H2,1-3H3,(H,26,31)(H,29,30)/b16-13+. The number of carboxylic acids is 1. The first-order chi connectivity index (χ1) is 15.3. The molecule has 3 rings (SSSR count). The van der Waals surface area contributed by atoms with E-state index in [1.54, 1.807) is 19.9 Å². The first kappa shape index (κ1) is 23.1. The SMILES string of the molecule is CCN(C(=O)/C(C)=C/CNC(=O)OCC1c2ccccc2-c2ccccc21)C(C)C(=O)O. The molecule has 0 spiro atoms. The third-order valence-corrected chi connectivity index (χ3v) is 5.76. The number of fused-ring (bicyclic) bond motifs is 3. The van der Waals surface area contributed by atoms with Crippen molar-refractivity contribution < 1.29 is 24.2 Å². The van der Waals surface area contributed by atoms with Crippen LogP contribution in [0.2, 0.25) is 0 Å². The molecule has 1 aliphatic rings. The van der Waals surface area contributed by atoms with Crippen molar-refractivity contribution in [3.63, 3.8) is 0 Å². The van der Waals surface area contributed by atoms with Gasteiger partial charge in [-0.15, -0.1) is 0 Å². The molecular formula is C25H28N2O5. The van der Waals surface area contributed by atoms with Crippen molar-refractivity contribution >= 4 is 18.0 Å². The molecule has 2 aromatic carbocycles. The van der Waals surface area contributed by atoms with Crippen molar-refractivity contribution in [3.8, 4) is 11.1 Å². The zero-order valence-corrected chi connectivity index (χ0v) is 18.5. The summed E-state index contributed by atoms with van der Waals surface area (Å²) < 4.78 is 5.47. The second kappa shape index (κ2) is 10.1. The van der Waals surface area contributed by atoms with Gasteiger partial charge >= 0.3 is 12.1 Å². The molecule has 1 atom stereocenters. The number of amides is 2. The van der Waals surface area contributed by atoms with E-state index in [1.165, 1.54) is 11.8 Å². The summed E-state index contributed by atoms with van der Waals surface area (Å²) in [7, 11) is 0. The highest BCUT2D eigenvalue weighted by atomic mass is 16.5. The highest BCUT2D eigenvalue weighted by Gasteiger charge is 2.29. The highest BCUT2D eigenvalue weighted by Crippen LogP contribution is 2.44. The van der Waals surface area contributed by atoms with Crippen LogP contribution in [0, 0.1) is 0 Å². The molecule has 1 aliphatic carbocycles. The van der Waals surface area contributed by atoms with Gasteiger partial charge in [-0.25, -0.2) is 9.59 Å². The monoisotopic (exact) mass is 436 g/mol. The van der Waals surface area contributed by atoms with Crippen molar-refractivity contribution in [2.75, 3.05) is 19.7 Å². The van der Waals surface area contributed by atoms with Gasteiger partial charge in [0, 0.05) is 24.6 Å². The van der Waals surface area contributed by atoms with Crippen LogP contribution in [0.4, 0.5) is 4.79 Å². The summed E-state index contributed by atoms with van der Waals surface area (Å²) in [5.41, 5.74) is 4.94. The average Bonchev–Trinajstić information content (AvgIpc) is 3.11. The fourth-order valence-corrected chi connectivity index (χ4v) is 3.98. The van der Waals surface area contributed by atoms with E-state index in [0.29, 0.717) is 5.57 Å². The molecule has 0 heterocycles. The first-order valence-corrected chi connectivity index (χ1v) is 10.6. The number of alkyl carbamates (subject to hydrolysis) is 1. The number of hydrogen-bond acceptors (Lipinski definition) is 4. The molecule has 32 heavy (non-hydrogen) atoms. The fourth-order valence-electron chi connectivity index (χ4n) is 3.98. The summed E-state index contributed by atoms with van der Waals surface area (Å²) in [5, 5.41) is 11.8. The van der Waals surface area contributed by atoms with E-state index in [4.69, 9.17) is 9.84 Å². The van der Waals surface area contributed by atoms with Gasteiger partial charge in [-0.2, -0.15) is 0 Å². The third-order valence-electron chi connectivity index (χ3n) is 5.76. The minimum atomic E-state index is -1.07. The smallest absolute Gasteiger partial charge is 0.407 e. The van der Waals surface area contributed by atoms with Crippen molar-refractivity contribution in [3.05, 3.63) is 71.3 Å². The van der Waals surface area contributed by atoms with Crippen LogP contribution in [0.3, 0.4) is 0 Å². The normalized spacial score (nSPS) is 13.7. The summed E-state index contributed by atoms with van der Waals surface area (Å²) in [6.45, 7) is 5.37. The lowest BCUT2D eigenvalue weighted by Gasteiger charge is -2.25. The molecule has 0 bridgehead atoms. The number of benzene rings is 2. The Bertz CT molecular complexity index is 1000. The number of carboxylic acid groups (broad SMARTS) is 1. The number of hydrogen-bond donors (Lipinski definition) is 2. The Morgan fingerprint density at radius 3 is 2.19 bits per heavy atom. The Morgan fingerprint density at radius 1 is 1.09 bits per heavy atom. The van der Waals surface area contributed by atoms with Gasteiger partial charge in [-0.1, -0.05) is 54.6 Å². The summed E-state index contributed by atoms with van der Waals surface area (Å²) in [6, 6.07) is 15.3. The van der Waals surface area contributed by atoms with Crippen LogP contribution in [0.25, 0.3) is 11.1 Å². The van der Waals surface area contributed by atoms with E-state index in [2.05, 4.69) is 29.6 Å². The second-order valence-corrected chi connectivity index (χ2v) is 7.70. The Morgan fingerprint density at radius 2 is 1.66 bits per heavy atom. The Balaban J connectivity index is 1.56. The number of nitrogens with one attached hydrogen (secondary N) is 1. The van der Waals surface area contributed by atoms with Crippen LogP contribution in [-0.2, 0) is 14.3 Å². The van der Waals surface area contributed by atoms with Crippen LogP contribution in [0.15, 0.2) is 60.2 Å². The number of nitrogens with zero attached hydrogens (tertiary/aromatic N) is 1. The van der Waals surface area contributed by atoms with E-state index in [1.807, 2.05) is 24.3 Å². The lowest BCUT2D eigenvalue weighted by molar-refractivity contribution is -0.147. The molecule has 168 valence electrons. The fraction of sp³-hybridized carbons (Fsp3) is 0.320. The molecule has 2 amide bonds. The van der Waals surface area contributed by atoms with Crippen molar-refractivity contribution in [1.29, 1.82) is 0 Å². The number of rotatable bonds is 8. The third kappa shape index (κ3) is 4.82. The lowest BCUT2D eigenvalue weighted by Crippen LogP contribution is -2.43. The molecule has 0 aromatic heterocycles. The van der Waals surface area contributed by atoms with E-state index in [9.17, 15) is 14.4 Å². The topological polar surface area (TPSA) is 95.9 Å². The predicted octanol–water partition coefficient (Wildman–Crippen LogP) is 3.79. The summed E-state index contributed by atoms with van der Waals surface area (Å²) in [5.74, 6) is -1.47. The number of carbonyl (C=O) groups is 3. The molecule has 2 N–H and O–H groups in total. The number of likely N-dealkylation sites (N-methyl/N-ethyl adjacent to an activating group) is 1. The molecule has 0 aliphatic heterocycles. The summed E-state index contributed by atoms with van der Waals surface area (Å²) in [6.07, 6.45) is 0.982. The Kier molecular flexibility index (Phi) is 7.30. The maximum absolute atomic E-state index is 12.5. The zero-order chi connectivity index (χ0) is 23.3. The maximum Gasteiger partial charge on any atom is 0.407 e. The highest BCUT2D eigenvalue weighted by molar-refractivity contribution is 5.95. The van der Waals surface area contributed by atoms with Gasteiger partial charge < -0.3 is 20.1 Å². The van der Waals surface area contributed by atoms with Crippen molar-refractivity contribution in [1.82, 2.24) is 10.2 Å². The molecule has 0 radical (unpaired) electrons. The Hall–Kier alpha value is -3.61. The number of carbonyl (C=O) groups excluding carboxylic acids is 2. The minimum Gasteiger partial charge on any atom is -0.480 e. The number of ether oxygens (including phenoxy) is 1. The van der Waals surface area contributed by atoms with Crippen LogP contribution in [-0.4, -0.2) is 53.7 Å². The van der Waals surface area contributed by atoms with E-state index in [0.717, 1.165) is 22.3 Å². The largest absolute Gasteiger partial charge is 0.480 e.